The molecule has 0 bridgehead atoms. The highest BCUT2D eigenvalue weighted by Gasteiger charge is 2.36. The van der Waals surface area contributed by atoms with Crippen LogP contribution in [0, 0.1) is 25.2 Å². The molecule has 2 aliphatic heterocycles. The molecule has 3 aliphatic rings. The zero-order valence-corrected chi connectivity index (χ0v) is 42.4. The maximum absolute atomic E-state index is 15.7. The van der Waals surface area contributed by atoms with Crippen LogP contribution in [0.15, 0.2) is 97.1 Å². The number of ether oxygens (including phenoxy) is 1. The van der Waals surface area contributed by atoms with E-state index in [1.165, 1.54) is 30.5 Å². The monoisotopic (exact) mass is 955 g/mol. The summed E-state index contributed by atoms with van der Waals surface area (Å²) in [7, 11) is 7.96. The van der Waals surface area contributed by atoms with Gasteiger partial charge in [-0.2, -0.15) is 5.26 Å². The summed E-state index contributed by atoms with van der Waals surface area (Å²) in [5.41, 5.74) is 10.5. The number of phenols is 1. The third kappa shape index (κ3) is 10.1. The van der Waals surface area contributed by atoms with Gasteiger partial charge in [-0.3, -0.25) is 19.3 Å². The minimum Gasteiger partial charge on any atom is -0.508 e. The van der Waals surface area contributed by atoms with Crippen molar-refractivity contribution in [2.24, 2.45) is 14.1 Å². The summed E-state index contributed by atoms with van der Waals surface area (Å²) < 4.78 is 9.76. The van der Waals surface area contributed by atoms with E-state index in [2.05, 4.69) is 68.1 Å². The van der Waals surface area contributed by atoms with E-state index in [9.17, 15) is 15.2 Å². The summed E-state index contributed by atoms with van der Waals surface area (Å²) >= 11 is 0. The molecule has 13 nitrogen and oxygen atoms in total. The molecule has 9 rings (SSSR count). The number of aromatic nitrogens is 2. The van der Waals surface area contributed by atoms with Crippen molar-refractivity contribution < 1.29 is 24.2 Å². The van der Waals surface area contributed by atoms with E-state index < -0.39 is 0 Å². The van der Waals surface area contributed by atoms with Crippen molar-refractivity contribution >= 4 is 29.1 Å². The molecule has 1 atom stereocenters. The number of carbonyl (C=O) groups is 3. The first-order valence-electron chi connectivity index (χ1n) is 24.9. The highest BCUT2D eigenvalue weighted by molar-refractivity contribution is 6.13. The fraction of sp³-hybridized carbons (Fsp3) is 0.379. The largest absolute Gasteiger partial charge is 0.508 e. The van der Waals surface area contributed by atoms with Crippen molar-refractivity contribution in [1.29, 1.82) is 5.26 Å². The van der Waals surface area contributed by atoms with E-state index in [1.54, 1.807) is 34.7 Å². The maximum atomic E-state index is 15.7. The quantitative estimate of drug-likeness (QED) is 0.108. The van der Waals surface area contributed by atoms with E-state index in [-0.39, 0.29) is 42.0 Å². The Hall–Kier alpha value is -7.14. The van der Waals surface area contributed by atoms with Crippen molar-refractivity contribution in [3.8, 4) is 28.8 Å². The number of rotatable bonds is 15. The molecule has 4 aromatic carbocycles. The minimum absolute atomic E-state index is 0.0201. The summed E-state index contributed by atoms with van der Waals surface area (Å²) in [4.78, 5) is 55.1. The van der Waals surface area contributed by atoms with Gasteiger partial charge < -0.3 is 38.6 Å². The first kappa shape index (κ1) is 48.9. The van der Waals surface area contributed by atoms with Crippen molar-refractivity contribution in [3.63, 3.8) is 0 Å². The van der Waals surface area contributed by atoms with Crippen LogP contribution in [0.25, 0.3) is 11.3 Å². The van der Waals surface area contributed by atoms with E-state index >= 15 is 9.59 Å². The molecule has 1 aliphatic carbocycles. The van der Waals surface area contributed by atoms with Crippen LogP contribution < -0.4 is 9.64 Å². The summed E-state index contributed by atoms with van der Waals surface area (Å²) in [6, 6.07) is 33.4. The number of nitrogens with zero attached hydrogens (tertiary/aromatic N) is 8. The number of hydrogen-bond acceptors (Lipinski definition) is 8. The lowest BCUT2D eigenvalue weighted by atomic mass is 9.89. The summed E-state index contributed by atoms with van der Waals surface area (Å²) in [5, 5.41) is 20.2. The number of fused-ring (bicyclic) bond motifs is 2. The average molecular weight is 955 g/mol. The number of carbonyl (C=O) groups excluding carboxylic acids is 3. The Morgan fingerprint density at radius 1 is 0.831 bits per heavy atom. The lowest BCUT2D eigenvalue weighted by Crippen LogP contribution is -2.50. The molecule has 0 saturated heterocycles. The molecule has 1 N–H and O–H groups in total. The van der Waals surface area contributed by atoms with Gasteiger partial charge in [0.2, 0.25) is 5.91 Å². The second kappa shape index (κ2) is 20.3. The third-order valence-electron chi connectivity index (χ3n) is 15.3. The highest BCUT2D eigenvalue weighted by atomic mass is 16.5. The zero-order valence-electron chi connectivity index (χ0n) is 42.4. The van der Waals surface area contributed by atoms with Crippen LogP contribution in [0.5, 0.6) is 11.5 Å². The smallest absolute Gasteiger partial charge is 0.264 e. The van der Waals surface area contributed by atoms with Gasteiger partial charge in [-0.15, -0.1) is 0 Å². The normalized spacial score (nSPS) is 15.5. The maximum Gasteiger partial charge on any atom is 0.264 e. The number of aromatic hydroxyl groups is 1. The molecule has 6 aromatic rings. The number of phenolic OH excluding ortho intramolecular Hbond substituents is 1. The molecular formula is C58H66N8O5. The lowest BCUT2D eigenvalue weighted by Gasteiger charge is -2.40. The molecule has 368 valence electrons. The molecule has 13 heteroatoms. The topological polar surface area (TPSA) is 131 Å². The molecule has 0 unspecified atom stereocenters. The number of benzene rings is 4. The summed E-state index contributed by atoms with van der Waals surface area (Å²) in [5.74, 6) is 0.447. The van der Waals surface area contributed by atoms with Crippen LogP contribution in [-0.2, 0) is 51.2 Å². The minimum atomic E-state index is -0.323. The lowest BCUT2D eigenvalue weighted by molar-refractivity contribution is -0.131. The number of likely N-dealkylation sites (N-methyl/N-ethyl adjacent to an activating group) is 2. The Morgan fingerprint density at radius 2 is 1.55 bits per heavy atom. The number of hydrogen-bond donors (Lipinski definition) is 1. The molecule has 1 saturated carbocycles. The average Bonchev–Trinajstić information content (AvgIpc) is 4.14. The molecular weight excluding hydrogens is 889 g/mol. The van der Waals surface area contributed by atoms with Crippen LogP contribution in [-0.4, -0.2) is 110 Å². The molecule has 1 fully saturated rings. The van der Waals surface area contributed by atoms with Gasteiger partial charge in [0, 0.05) is 98.8 Å². The van der Waals surface area contributed by atoms with Gasteiger partial charge in [0.15, 0.2) is 0 Å². The summed E-state index contributed by atoms with van der Waals surface area (Å²) in [6.45, 7) is 11.6. The van der Waals surface area contributed by atoms with Crippen molar-refractivity contribution in [1.82, 2.24) is 28.7 Å². The standard InChI is InChI=1S/C58H66N8O5/c1-37(2)61(6)36-48-28-41-11-9-10-12-43(41)35-65(48)57(69)53-30-44-34-64(56(68)27-40-13-21-50(22-14-40)71-26-25-60(5)45-15-16-45)24-23-42(44)29-52(53)55-32-51(38(3)63(55)8)58(70)66(46-17-19-49(67)20-18-46)54-31-47(33-59)62(7)39(54)4/h9-14,17-22,29-32,37,45,48,67H,15-16,23-28,34-36H2,1-8H3/t48-/m0/s1. The predicted octanol–water partition coefficient (Wildman–Crippen LogP) is 8.71. The van der Waals surface area contributed by atoms with Gasteiger partial charge in [-0.25, -0.2) is 0 Å². The molecule has 2 aromatic heterocycles. The molecule has 71 heavy (non-hydrogen) atoms. The first-order valence-corrected chi connectivity index (χ1v) is 24.9. The van der Waals surface area contributed by atoms with E-state index in [4.69, 9.17) is 4.74 Å². The van der Waals surface area contributed by atoms with Crippen LogP contribution in [0.3, 0.4) is 0 Å². The van der Waals surface area contributed by atoms with Gasteiger partial charge in [0.1, 0.15) is 29.9 Å². The molecule has 3 amide bonds. The Bertz CT molecular complexity index is 3010. The van der Waals surface area contributed by atoms with Crippen LogP contribution >= 0.6 is 0 Å². The Balaban J connectivity index is 1.07. The second-order valence-corrected chi connectivity index (χ2v) is 20.1. The van der Waals surface area contributed by atoms with E-state index in [0.29, 0.717) is 96.8 Å². The Kier molecular flexibility index (Phi) is 14.0. The predicted molar refractivity (Wildman–Crippen MR) is 277 cm³/mol. The molecule has 4 heterocycles. The number of nitriles is 1. The van der Waals surface area contributed by atoms with Gasteiger partial charge in [-0.1, -0.05) is 36.4 Å². The van der Waals surface area contributed by atoms with Gasteiger partial charge in [0.05, 0.1) is 17.7 Å². The number of anilines is 2. The van der Waals surface area contributed by atoms with E-state index in [1.807, 2.05) is 77.7 Å². The molecule has 0 radical (unpaired) electrons. The SMILES string of the molecule is Cc1c(N(C(=O)c2cc(-c3cc4c(cc3C(=O)N3Cc5ccccc5C[C@H]3CN(C)C(C)C)CN(C(=O)Cc3ccc(OCCN(C)C5CC5)cc3)CC4)n(C)c2C)c2ccc(O)cc2)cc(C#N)n1C. The number of amides is 3. The fourth-order valence-corrected chi connectivity index (χ4v) is 10.2. The van der Waals surface area contributed by atoms with Gasteiger partial charge >= 0.3 is 0 Å². The van der Waals surface area contributed by atoms with Crippen LogP contribution in [0.4, 0.5) is 11.4 Å². The third-order valence-corrected chi connectivity index (χ3v) is 15.3. The fourth-order valence-electron chi connectivity index (χ4n) is 10.2. The second-order valence-electron chi connectivity index (χ2n) is 20.1. The molecule has 0 spiro atoms. The van der Waals surface area contributed by atoms with Crippen molar-refractivity contribution in [2.75, 3.05) is 45.2 Å². The van der Waals surface area contributed by atoms with Crippen LogP contribution in [0.2, 0.25) is 0 Å². The van der Waals surface area contributed by atoms with Gasteiger partial charge in [-0.05, 0) is 156 Å². The zero-order chi connectivity index (χ0) is 50.2. The van der Waals surface area contributed by atoms with Gasteiger partial charge in [0.25, 0.3) is 11.8 Å². The highest BCUT2D eigenvalue weighted by Crippen LogP contribution is 2.39. The van der Waals surface area contributed by atoms with Crippen molar-refractivity contribution in [2.45, 2.75) is 91.0 Å². The van der Waals surface area contributed by atoms with E-state index in [0.717, 1.165) is 40.2 Å². The Labute approximate surface area is 418 Å². The van der Waals surface area contributed by atoms with Crippen molar-refractivity contribution in [3.05, 3.63) is 153 Å². The van der Waals surface area contributed by atoms with Crippen LogP contribution in [0.1, 0.15) is 92.3 Å². The Morgan fingerprint density at radius 3 is 2.23 bits per heavy atom. The summed E-state index contributed by atoms with van der Waals surface area (Å²) in [6.07, 6.45) is 4.09. The first-order chi connectivity index (χ1) is 34.1.